The van der Waals surface area contributed by atoms with E-state index in [2.05, 4.69) is 26.2 Å². The lowest BCUT2D eigenvalue weighted by Crippen LogP contribution is -2.13. The lowest BCUT2D eigenvalue weighted by atomic mass is 10.1. The molecule has 0 saturated heterocycles. The molecule has 0 aliphatic carbocycles. The Morgan fingerprint density at radius 3 is 2.71 bits per heavy atom. The van der Waals surface area contributed by atoms with Crippen LogP contribution in [0.5, 0.6) is 0 Å². The summed E-state index contributed by atoms with van der Waals surface area (Å²) in [5, 5.41) is 11.6. The fraction of sp³-hybridized carbons (Fsp3) is 0.133. The molecule has 0 radical (unpaired) electrons. The van der Waals surface area contributed by atoms with Crippen LogP contribution in [0.4, 0.5) is 5.69 Å². The summed E-state index contributed by atoms with van der Waals surface area (Å²) in [6.45, 7) is 0. The molecule has 2 N–H and O–H groups in total. The Morgan fingerprint density at radius 2 is 2.00 bits per heavy atom. The van der Waals surface area contributed by atoms with E-state index in [1.807, 2.05) is 6.07 Å². The standard InChI is InChI=1S/C15H13BrN2O3/c16-13-9-11(7-8-17-13)15(21)18-12-4-2-1-3-10(12)5-6-14(19)20/h1-4,7-9H,5-6H2,(H,18,21)(H,19,20). The number of carboxylic acids is 1. The van der Waals surface area contributed by atoms with Crippen LogP contribution in [0.15, 0.2) is 47.2 Å². The Kier molecular flexibility index (Phi) is 5.05. The molecule has 0 aliphatic heterocycles. The predicted octanol–water partition coefficient (Wildman–Crippen LogP) is 3.11. The van der Waals surface area contributed by atoms with E-state index in [1.54, 1.807) is 30.3 Å². The summed E-state index contributed by atoms with van der Waals surface area (Å²) in [5.41, 5.74) is 1.89. The maximum absolute atomic E-state index is 12.2. The van der Waals surface area contributed by atoms with Crippen molar-refractivity contribution in [2.45, 2.75) is 12.8 Å². The average molecular weight is 349 g/mol. The highest BCUT2D eigenvalue weighted by molar-refractivity contribution is 9.10. The van der Waals surface area contributed by atoms with Gasteiger partial charge in [0.05, 0.1) is 0 Å². The Hall–Kier alpha value is -2.21. The van der Waals surface area contributed by atoms with Crippen LogP contribution in [0.3, 0.4) is 0 Å². The van der Waals surface area contributed by atoms with Crippen LogP contribution in [0.2, 0.25) is 0 Å². The van der Waals surface area contributed by atoms with Crippen LogP contribution in [-0.4, -0.2) is 22.0 Å². The largest absolute Gasteiger partial charge is 0.481 e. The highest BCUT2D eigenvalue weighted by atomic mass is 79.9. The highest BCUT2D eigenvalue weighted by Gasteiger charge is 2.10. The van der Waals surface area contributed by atoms with E-state index in [9.17, 15) is 9.59 Å². The molecule has 0 atom stereocenters. The number of aromatic nitrogens is 1. The SMILES string of the molecule is O=C(O)CCc1ccccc1NC(=O)c1ccnc(Br)c1. The summed E-state index contributed by atoms with van der Waals surface area (Å²) in [5.74, 6) is -1.13. The molecule has 2 aromatic rings. The number of hydrogen-bond acceptors (Lipinski definition) is 3. The van der Waals surface area contributed by atoms with E-state index in [0.29, 0.717) is 22.3 Å². The van der Waals surface area contributed by atoms with Crippen molar-refractivity contribution in [2.24, 2.45) is 0 Å². The second kappa shape index (κ2) is 6.99. The lowest BCUT2D eigenvalue weighted by molar-refractivity contribution is -0.136. The van der Waals surface area contributed by atoms with Gasteiger partial charge < -0.3 is 10.4 Å². The number of amides is 1. The number of rotatable bonds is 5. The van der Waals surface area contributed by atoms with E-state index >= 15 is 0 Å². The van der Waals surface area contributed by atoms with Crippen molar-refractivity contribution in [2.75, 3.05) is 5.32 Å². The molecule has 108 valence electrons. The summed E-state index contributed by atoms with van der Waals surface area (Å²) in [6, 6.07) is 10.4. The Morgan fingerprint density at radius 1 is 1.24 bits per heavy atom. The fourth-order valence-electron chi connectivity index (χ4n) is 1.84. The predicted molar refractivity (Wildman–Crippen MR) is 82.3 cm³/mol. The zero-order valence-corrected chi connectivity index (χ0v) is 12.6. The molecule has 2 rings (SSSR count). The molecule has 1 heterocycles. The number of carboxylic acid groups (broad SMARTS) is 1. The average Bonchev–Trinajstić information content (AvgIpc) is 2.46. The Balaban J connectivity index is 2.15. The number of anilines is 1. The highest BCUT2D eigenvalue weighted by Crippen LogP contribution is 2.18. The van der Waals surface area contributed by atoms with Crippen LogP contribution in [0.1, 0.15) is 22.3 Å². The zero-order valence-electron chi connectivity index (χ0n) is 11.0. The van der Waals surface area contributed by atoms with Gasteiger partial charge in [-0.25, -0.2) is 4.98 Å². The summed E-state index contributed by atoms with van der Waals surface area (Å²) in [4.78, 5) is 26.8. The molecular formula is C15H13BrN2O3. The molecule has 0 aliphatic rings. The molecule has 6 heteroatoms. The van der Waals surface area contributed by atoms with Gasteiger partial charge in [0, 0.05) is 23.9 Å². The summed E-state index contributed by atoms with van der Waals surface area (Å²) in [6.07, 6.45) is 1.93. The third-order valence-electron chi connectivity index (χ3n) is 2.86. The molecule has 0 saturated carbocycles. The minimum atomic E-state index is -0.866. The number of carbonyl (C=O) groups is 2. The third kappa shape index (κ3) is 4.39. The van der Waals surface area contributed by atoms with Crippen molar-refractivity contribution in [3.8, 4) is 0 Å². The number of para-hydroxylation sites is 1. The van der Waals surface area contributed by atoms with Gasteiger partial charge >= 0.3 is 5.97 Å². The van der Waals surface area contributed by atoms with Gasteiger partial charge in [0.2, 0.25) is 0 Å². The van der Waals surface area contributed by atoms with Gasteiger partial charge in [0.25, 0.3) is 5.91 Å². The number of halogens is 1. The van der Waals surface area contributed by atoms with E-state index in [1.165, 1.54) is 6.20 Å². The number of aliphatic carboxylic acids is 1. The van der Waals surface area contributed by atoms with Crippen molar-refractivity contribution in [1.82, 2.24) is 4.98 Å². The summed E-state index contributed by atoms with van der Waals surface area (Å²) >= 11 is 3.21. The second-order valence-electron chi connectivity index (χ2n) is 4.37. The normalized spacial score (nSPS) is 10.1. The van der Waals surface area contributed by atoms with Crippen LogP contribution in [0, 0.1) is 0 Å². The van der Waals surface area contributed by atoms with Gasteiger partial charge in [-0.3, -0.25) is 9.59 Å². The minimum Gasteiger partial charge on any atom is -0.481 e. The van der Waals surface area contributed by atoms with Crippen molar-refractivity contribution in [3.63, 3.8) is 0 Å². The Labute approximate surface area is 130 Å². The summed E-state index contributed by atoms with van der Waals surface area (Å²) < 4.78 is 0.578. The number of carbonyl (C=O) groups excluding carboxylic acids is 1. The molecule has 0 bridgehead atoms. The molecule has 0 unspecified atom stereocenters. The minimum absolute atomic E-state index is 0.0215. The quantitative estimate of drug-likeness (QED) is 0.813. The van der Waals surface area contributed by atoms with Gasteiger partial charge in [-0.2, -0.15) is 0 Å². The summed E-state index contributed by atoms with van der Waals surface area (Å²) in [7, 11) is 0. The van der Waals surface area contributed by atoms with Crippen LogP contribution in [-0.2, 0) is 11.2 Å². The van der Waals surface area contributed by atoms with Crippen molar-refractivity contribution in [3.05, 3.63) is 58.3 Å². The van der Waals surface area contributed by atoms with E-state index in [4.69, 9.17) is 5.11 Å². The van der Waals surface area contributed by atoms with Crippen LogP contribution in [0.25, 0.3) is 0 Å². The number of aryl methyl sites for hydroxylation is 1. The first-order valence-electron chi connectivity index (χ1n) is 6.29. The van der Waals surface area contributed by atoms with Crippen LogP contribution >= 0.6 is 15.9 Å². The van der Waals surface area contributed by atoms with E-state index in [-0.39, 0.29) is 12.3 Å². The number of nitrogens with zero attached hydrogens (tertiary/aromatic N) is 1. The first kappa shape index (κ1) is 15.2. The molecule has 1 aromatic heterocycles. The van der Waals surface area contributed by atoms with Gasteiger partial charge in [0.1, 0.15) is 4.60 Å². The zero-order chi connectivity index (χ0) is 15.2. The molecule has 0 fully saturated rings. The number of hydrogen-bond donors (Lipinski definition) is 2. The molecule has 1 amide bonds. The molecule has 5 nitrogen and oxygen atoms in total. The lowest BCUT2D eigenvalue weighted by Gasteiger charge is -2.10. The first-order valence-corrected chi connectivity index (χ1v) is 7.08. The van der Waals surface area contributed by atoms with E-state index in [0.717, 1.165) is 5.56 Å². The number of nitrogens with one attached hydrogen (secondary N) is 1. The van der Waals surface area contributed by atoms with Crippen molar-refractivity contribution >= 4 is 33.5 Å². The van der Waals surface area contributed by atoms with Gasteiger partial charge in [-0.15, -0.1) is 0 Å². The van der Waals surface area contributed by atoms with Crippen LogP contribution < -0.4 is 5.32 Å². The molecular weight excluding hydrogens is 336 g/mol. The topological polar surface area (TPSA) is 79.3 Å². The Bertz CT molecular complexity index is 673. The number of benzene rings is 1. The van der Waals surface area contributed by atoms with Crippen molar-refractivity contribution < 1.29 is 14.7 Å². The first-order chi connectivity index (χ1) is 10.1. The maximum Gasteiger partial charge on any atom is 0.303 e. The van der Waals surface area contributed by atoms with Gasteiger partial charge in [-0.1, -0.05) is 18.2 Å². The van der Waals surface area contributed by atoms with E-state index < -0.39 is 5.97 Å². The van der Waals surface area contributed by atoms with Crippen molar-refractivity contribution in [1.29, 1.82) is 0 Å². The van der Waals surface area contributed by atoms with Gasteiger partial charge in [-0.05, 0) is 46.1 Å². The molecule has 21 heavy (non-hydrogen) atoms. The second-order valence-corrected chi connectivity index (χ2v) is 5.18. The number of pyridine rings is 1. The molecule has 1 aromatic carbocycles. The van der Waals surface area contributed by atoms with Gasteiger partial charge in [0.15, 0.2) is 0 Å². The fourth-order valence-corrected chi connectivity index (χ4v) is 2.20. The third-order valence-corrected chi connectivity index (χ3v) is 3.30. The monoisotopic (exact) mass is 348 g/mol. The maximum atomic E-state index is 12.2. The molecule has 0 spiro atoms. The smallest absolute Gasteiger partial charge is 0.303 e.